The number of fused-ring (bicyclic) bond motifs is 1. The third kappa shape index (κ3) is 6.39. The summed E-state index contributed by atoms with van der Waals surface area (Å²) in [5.41, 5.74) is 2.29. The molecule has 1 atom stereocenters. The van der Waals surface area contributed by atoms with Crippen LogP contribution in [0.2, 0.25) is 0 Å². The first-order chi connectivity index (χ1) is 21.2. The lowest BCUT2D eigenvalue weighted by molar-refractivity contribution is -0.128. The van der Waals surface area contributed by atoms with Crippen molar-refractivity contribution in [3.05, 3.63) is 57.3 Å². The van der Waals surface area contributed by atoms with Crippen molar-refractivity contribution in [1.29, 1.82) is 5.26 Å². The number of ether oxygens (including phenoxy) is 2. The highest BCUT2D eigenvalue weighted by molar-refractivity contribution is 7.14. The number of likely N-dealkylation sites (tertiary alicyclic amines) is 1. The molecule has 10 nitrogen and oxygen atoms in total. The molecule has 3 saturated heterocycles. The summed E-state index contributed by atoms with van der Waals surface area (Å²) in [4.78, 5) is 35.5. The van der Waals surface area contributed by atoms with Gasteiger partial charge in [-0.25, -0.2) is 13.8 Å². The number of aromatic nitrogens is 2. The number of amides is 2. The lowest BCUT2D eigenvalue weighted by Gasteiger charge is -2.35. The number of carbonyl (C=O) groups is 2. The number of imidazole rings is 1. The third-order valence-electron chi connectivity index (χ3n) is 8.35. The molecule has 0 unspecified atom stereocenters. The molecule has 5 heterocycles. The van der Waals surface area contributed by atoms with Crippen molar-refractivity contribution in [2.24, 2.45) is 5.41 Å². The largest absolute Gasteiger partial charge is 0.379 e. The maximum Gasteiger partial charge on any atom is 0.272 e. The quantitative estimate of drug-likeness (QED) is 0.274. The summed E-state index contributed by atoms with van der Waals surface area (Å²) in [6, 6.07) is 10.5. The Bertz CT molecular complexity index is 1620. The molecule has 3 aromatic rings. The van der Waals surface area contributed by atoms with Crippen LogP contribution in [0, 0.1) is 16.7 Å². The maximum atomic E-state index is 13.6. The van der Waals surface area contributed by atoms with Gasteiger partial charge in [0, 0.05) is 38.1 Å². The normalized spacial score (nSPS) is 20.6. The van der Waals surface area contributed by atoms with Crippen molar-refractivity contribution >= 4 is 40.1 Å². The second-order valence-corrected chi connectivity index (χ2v) is 12.9. The minimum Gasteiger partial charge on any atom is -0.379 e. The Labute approximate surface area is 257 Å². The van der Waals surface area contributed by atoms with Crippen molar-refractivity contribution in [3.63, 3.8) is 0 Å². The second-order valence-electron chi connectivity index (χ2n) is 11.8. The molecule has 6 rings (SSSR count). The van der Waals surface area contributed by atoms with Gasteiger partial charge in [-0.3, -0.25) is 19.8 Å². The van der Waals surface area contributed by atoms with Crippen molar-refractivity contribution < 1.29 is 27.8 Å². The highest BCUT2D eigenvalue weighted by atomic mass is 32.1. The number of nitriles is 1. The van der Waals surface area contributed by atoms with Crippen molar-refractivity contribution in [3.8, 4) is 6.07 Å². The standard InChI is InChI=1S/C31H34F2N6O4S/c1-31(18-43-19-31)14-21(15-34)29(41)38-8-2-3-22(38)17-39-24-5-4-20(16-37-9-11-42-12-10-37)13-23(24)35-30(39)36-28(40)26-7-6-25(44-26)27(32)33/h4-7,13-14,22,27H,2-3,8-12,16-19H2,1H3,(H,35,36,40)/b21-14-/t22-/m1/s1. The first-order valence-electron chi connectivity index (χ1n) is 14.7. The van der Waals surface area contributed by atoms with Gasteiger partial charge in [-0.15, -0.1) is 11.3 Å². The Kier molecular flexibility index (Phi) is 8.77. The van der Waals surface area contributed by atoms with E-state index >= 15 is 0 Å². The fourth-order valence-electron chi connectivity index (χ4n) is 5.98. The van der Waals surface area contributed by atoms with Gasteiger partial charge < -0.3 is 18.9 Å². The van der Waals surface area contributed by atoms with Crippen LogP contribution in [0.4, 0.5) is 14.7 Å². The molecular formula is C31H34F2N6O4S. The van der Waals surface area contributed by atoms with Crippen LogP contribution in [-0.2, 0) is 27.4 Å². The van der Waals surface area contributed by atoms with E-state index in [-0.39, 0.29) is 38.6 Å². The van der Waals surface area contributed by atoms with E-state index in [2.05, 4.69) is 16.3 Å². The molecule has 1 aromatic carbocycles. The summed E-state index contributed by atoms with van der Waals surface area (Å²) in [6.45, 7) is 7.54. The number of benzene rings is 1. The van der Waals surface area contributed by atoms with Crippen LogP contribution < -0.4 is 5.32 Å². The lowest BCUT2D eigenvalue weighted by atomic mass is 9.86. The SMILES string of the molecule is CC1(/C=C(/C#N)C(=O)N2CCC[C@@H]2Cn2c(NC(=O)c3ccc(C(F)F)s3)nc3cc(CN4CCOCC4)ccc32)COC1. The van der Waals surface area contributed by atoms with E-state index in [1.54, 1.807) is 11.0 Å². The van der Waals surface area contributed by atoms with Gasteiger partial charge in [0.1, 0.15) is 11.6 Å². The van der Waals surface area contributed by atoms with Crippen molar-refractivity contribution in [1.82, 2.24) is 19.4 Å². The number of nitrogens with one attached hydrogen (secondary N) is 1. The molecule has 3 aliphatic rings. The highest BCUT2D eigenvalue weighted by Crippen LogP contribution is 2.32. The zero-order valence-corrected chi connectivity index (χ0v) is 25.2. The summed E-state index contributed by atoms with van der Waals surface area (Å²) >= 11 is 0.743. The topological polar surface area (TPSA) is 113 Å². The zero-order chi connectivity index (χ0) is 30.8. The molecule has 1 N–H and O–H groups in total. The summed E-state index contributed by atoms with van der Waals surface area (Å²) < 4.78 is 39.0. The number of morpholine rings is 1. The van der Waals surface area contributed by atoms with E-state index in [0.29, 0.717) is 45.0 Å². The Hall–Kier alpha value is -3.70. The Morgan fingerprint density at radius 2 is 2.00 bits per heavy atom. The summed E-state index contributed by atoms with van der Waals surface area (Å²) in [5.74, 6) is -0.573. The molecule has 0 saturated carbocycles. The van der Waals surface area contributed by atoms with Gasteiger partial charge >= 0.3 is 0 Å². The van der Waals surface area contributed by atoms with Crippen molar-refractivity contribution in [2.45, 2.75) is 45.3 Å². The number of halogens is 2. The molecular weight excluding hydrogens is 590 g/mol. The Morgan fingerprint density at radius 1 is 1.20 bits per heavy atom. The Balaban J connectivity index is 1.29. The maximum absolute atomic E-state index is 13.6. The number of hydrogen-bond donors (Lipinski definition) is 1. The van der Waals surface area contributed by atoms with Crippen LogP contribution in [0.25, 0.3) is 11.0 Å². The predicted octanol–water partition coefficient (Wildman–Crippen LogP) is 4.60. The molecule has 2 amide bonds. The number of nitrogens with zero attached hydrogens (tertiary/aromatic N) is 5. The van der Waals surface area contributed by atoms with E-state index in [1.807, 2.05) is 29.7 Å². The molecule has 3 aliphatic heterocycles. The van der Waals surface area contributed by atoms with E-state index in [4.69, 9.17) is 14.5 Å². The molecule has 13 heteroatoms. The highest BCUT2D eigenvalue weighted by Gasteiger charge is 2.36. The van der Waals surface area contributed by atoms with Gasteiger partial charge in [0.05, 0.1) is 53.3 Å². The molecule has 44 heavy (non-hydrogen) atoms. The minimum absolute atomic E-state index is 0.104. The number of anilines is 1. The average Bonchev–Trinajstić information content (AvgIpc) is 3.75. The number of rotatable bonds is 9. The molecule has 0 bridgehead atoms. The molecule has 232 valence electrons. The van der Waals surface area contributed by atoms with Crippen LogP contribution >= 0.6 is 11.3 Å². The van der Waals surface area contributed by atoms with E-state index in [0.717, 1.165) is 54.9 Å². The van der Waals surface area contributed by atoms with Crippen LogP contribution in [0.3, 0.4) is 0 Å². The minimum atomic E-state index is -2.66. The van der Waals surface area contributed by atoms with Crippen LogP contribution in [0.1, 0.15) is 46.3 Å². The predicted molar refractivity (Wildman–Crippen MR) is 160 cm³/mol. The van der Waals surface area contributed by atoms with E-state index in [1.165, 1.54) is 12.1 Å². The molecule has 3 fully saturated rings. The third-order valence-corrected chi connectivity index (χ3v) is 9.44. The van der Waals surface area contributed by atoms with Gasteiger partial charge in [0.15, 0.2) is 0 Å². The number of alkyl halides is 2. The number of thiophene rings is 1. The summed E-state index contributed by atoms with van der Waals surface area (Å²) in [7, 11) is 0. The second kappa shape index (κ2) is 12.7. The van der Waals surface area contributed by atoms with Gasteiger partial charge in [0.2, 0.25) is 5.95 Å². The first-order valence-corrected chi connectivity index (χ1v) is 15.5. The van der Waals surface area contributed by atoms with Crippen LogP contribution in [-0.4, -0.2) is 83.3 Å². The molecule has 0 aliphatic carbocycles. The Morgan fingerprint density at radius 3 is 2.68 bits per heavy atom. The van der Waals surface area contributed by atoms with Crippen LogP contribution in [0.15, 0.2) is 42.0 Å². The van der Waals surface area contributed by atoms with Gasteiger partial charge in [-0.1, -0.05) is 19.1 Å². The number of hydrogen-bond acceptors (Lipinski definition) is 8. The first kappa shape index (κ1) is 30.3. The summed E-state index contributed by atoms with van der Waals surface area (Å²) in [5, 5.41) is 12.7. The van der Waals surface area contributed by atoms with Gasteiger partial charge in [-0.2, -0.15) is 5.26 Å². The fraction of sp³-hybridized carbons (Fsp3) is 0.484. The zero-order valence-electron chi connectivity index (χ0n) is 24.4. The van der Waals surface area contributed by atoms with E-state index in [9.17, 15) is 23.6 Å². The monoisotopic (exact) mass is 624 g/mol. The molecule has 0 radical (unpaired) electrons. The smallest absolute Gasteiger partial charge is 0.272 e. The van der Waals surface area contributed by atoms with Crippen LogP contribution in [0.5, 0.6) is 0 Å². The number of carbonyl (C=O) groups excluding carboxylic acids is 2. The summed E-state index contributed by atoms with van der Waals surface area (Å²) in [6.07, 6.45) is 0.556. The van der Waals surface area contributed by atoms with Gasteiger partial charge in [0.25, 0.3) is 18.2 Å². The lowest BCUT2D eigenvalue weighted by Crippen LogP contribution is -2.41. The average molecular weight is 625 g/mol. The fourth-order valence-corrected chi connectivity index (χ4v) is 6.74. The molecule has 0 spiro atoms. The van der Waals surface area contributed by atoms with Crippen molar-refractivity contribution in [2.75, 3.05) is 51.4 Å². The van der Waals surface area contributed by atoms with E-state index < -0.39 is 12.3 Å². The molecule has 2 aromatic heterocycles. The van der Waals surface area contributed by atoms with Gasteiger partial charge in [-0.05, 0) is 42.7 Å².